The summed E-state index contributed by atoms with van der Waals surface area (Å²) in [6.45, 7) is 2.22. The van der Waals surface area contributed by atoms with Crippen LogP contribution < -0.4 is 4.90 Å². The van der Waals surface area contributed by atoms with Crippen molar-refractivity contribution >= 4 is 50.3 Å². The van der Waals surface area contributed by atoms with Crippen LogP contribution in [0.2, 0.25) is 5.02 Å². The highest BCUT2D eigenvalue weighted by Gasteiger charge is 2.32. The molecule has 0 spiro atoms. The van der Waals surface area contributed by atoms with Gasteiger partial charge in [0, 0.05) is 10.7 Å². The zero-order valence-electron chi connectivity index (χ0n) is 12.9. The molecule has 1 aliphatic rings. The monoisotopic (exact) mass is 355 g/mol. The molecule has 6 heteroatoms. The highest BCUT2D eigenvalue weighted by atomic mass is 35.5. The Morgan fingerprint density at radius 3 is 2.83 bits per heavy atom. The molecule has 2 heterocycles. The third-order valence-electron chi connectivity index (χ3n) is 4.07. The lowest BCUT2D eigenvalue weighted by atomic mass is 10.2. The van der Waals surface area contributed by atoms with E-state index in [1.54, 1.807) is 4.90 Å². The molecule has 120 valence electrons. The molecule has 1 aromatic heterocycles. The van der Waals surface area contributed by atoms with Crippen molar-refractivity contribution in [1.29, 1.82) is 5.41 Å². The van der Waals surface area contributed by atoms with E-state index in [2.05, 4.69) is 4.98 Å². The van der Waals surface area contributed by atoms with Gasteiger partial charge < -0.3 is 10.0 Å². The van der Waals surface area contributed by atoms with E-state index in [-0.39, 0.29) is 18.1 Å². The zero-order valence-corrected chi connectivity index (χ0v) is 14.4. The number of thiazole rings is 1. The molecule has 1 aliphatic heterocycles. The van der Waals surface area contributed by atoms with E-state index < -0.39 is 0 Å². The number of hydrogen-bond acceptors (Lipinski definition) is 4. The molecule has 0 saturated heterocycles. The van der Waals surface area contributed by atoms with Crippen LogP contribution in [-0.2, 0) is 0 Å². The van der Waals surface area contributed by atoms with E-state index in [1.165, 1.54) is 11.3 Å². The molecule has 2 N–H and O–H groups in total. The molecular weight excluding hydrogens is 342 g/mol. The first-order chi connectivity index (χ1) is 11.5. The largest absolute Gasteiger partial charge is 0.510 e. The van der Waals surface area contributed by atoms with Gasteiger partial charge in [-0.2, -0.15) is 0 Å². The fraction of sp³-hybridized carbons (Fsp3) is 0.111. The van der Waals surface area contributed by atoms with E-state index in [4.69, 9.17) is 17.0 Å². The lowest BCUT2D eigenvalue weighted by Gasteiger charge is -2.21. The third-order valence-corrected chi connectivity index (χ3v) is 5.36. The van der Waals surface area contributed by atoms with E-state index in [9.17, 15) is 5.11 Å². The van der Waals surface area contributed by atoms with Gasteiger partial charge in [-0.05, 0) is 36.8 Å². The van der Waals surface area contributed by atoms with Crippen LogP contribution in [0.3, 0.4) is 0 Å². The number of hydrogen-bond donors (Lipinski definition) is 2. The summed E-state index contributed by atoms with van der Waals surface area (Å²) in [5.41, 5.74) is 3.20. The van der Waals surface area contributed by atoms with Gasteiger partial charge >= 0.3 is 0 Å². The van der Waals surface area contributed by atoms with E-state index >= 15 is 0 Å². The van der Waals surface area contributed by atoms with Crippen LogP contribution in [0.25, 0.3) is 15.8 Å². The van der Waals surface area contributed by atoms with Crippen molar-refractivity contribution < 1.29 is 5.11 Å². The minimum Gasteiger partial charge on any atom is -0.510 e. The number of amidine groups is 1. The second kappa shape index (κ2) is 5.61. The molecule has 0 saturated carbocycles. The molecule has 4 nitrogen and oxygen atoms in total. The van der Waals surface area contributed by atoms with Crippen LogP contribution in [0, 0.1) is 12.3 Å². The average molecular weight is 356 g/mol. The van der Waals surface area contributed by atoms with E-state index in [0.717, 1.165) is 21.5 Å². The number of anilines is 1. The van der Waals surface area contributed by atoms with Gasteiger partial charge in [0.15, 0.2) is 0 Å². The number of benzene rings is 2. The summed E-state index contributed by atoms with van der Waals surface area (Å²) in [5, 5.41) is 20.3. The predicted molar refractivity (Wildman–Crippen MR) is 100 cm³/mol. The topological polar surface area (TPSA) is 60.2 Å². The smallest absolute Gasteiger partial charge is 0.139 e. The molecule has 0 aliphatic carbocycles. The Balaban J connectivity index is 1.76. The molecule has 4 rings (SSSR count). The SMILES string of the molecule is Cc1ccc(Cl)cc1N1CC(O)=C(c2nc3ccccc3s2)C1=N. The predicted octanol–water partition coefficient (Wildman–Crippen LogP) is 5.02. The normalized spacial score (nSPS) is 14.9. The average Bonchev–Trinajstić information content (AvgIpc) is 3.10. The van der Waals surface area contributed by atoms with Gasteiger partial charge in [0.1, 0.15) is 16.6 Å². The maximum atomic E-state index is 10.5. The molecule has 0 bridgehead atoms. The standard InChI is InChI=1S/C18H14ClN3OS/c1-10-6-7-11(19)8-13(10)22-9-14(23)16(17(22)20)18-21-12-4-2-3-5-15(12)24-18/h2-8,20,23H,9H2,1H3. The number of aliphatic hydroxyl groups is 1. The zero-order chi connectivity index (χ0) is 16.8. The summed E-state index contributed by atoms with van der Waals surface area (Å²) >= 11 is 7.59. The number of nitrogens with zero attached hydrogens (tertiary/aromatic N) is 2. The van der Waals surface area contributed by atoms with Crippen molar-refractivity contribution in [2.24, 2.45) is 0 Å². The summed E-state index contributed by atoms with van der Waals surface area (Å²) in [7, 11) is 0. The number of nitrogens with one attached hydrogen (secondary N) is 1. The Hall–Kier alpha value is -2.37. The molecule has 0 atom stereocenters. The minimum absolute atomic E-state index is 0.165. The van der Waals surface area contributed by atoms with Crippen molar-refractivity contribution in [3.63, 3.8) is 0 Å². The summed E-state index contributed by atoms with van der Waals surface area (Å²) in [6, 6.07) is 13.4. The van der Waals surface area contributed by atoms with Gasteiger partial charge in [-0.25, -0.2) is 4.98 Å². The van der Waals surface area contributed by atoms with Crippen molar-refractivity contribution in [2.75, 3.05) is 11.4 Å². The van der Waals surface area contributed by atoms with Crippen molar-refractivity contribution in [2.45, 2.75) is 6.92 Å². The maximum absolute atomic E-state index is 10.5. The molecule has 0 amide bonds. The van der Waals surface area contributed by atoms with Crippen molar-refractivity contribution in [3.05, 3.63) is 63.8 Å². The number of aromatic nitrogens is 1. The second-order valence-corrected chi connectivity index (χ2v) is 7.14. The summed E-state index contributed by atoms with van der Waals surface area (Å²) < 4.78 is 1.04. The van der Waals surface area contributed by atoms with Gasteiger partial charge in [-0.15, -0.1) is 11.3 Å². The number of halogens is 1. The second-order valence-electron chi connectivity index (χ2n) is 5.67. The third kappa shape index (κ3) is 2.37. The number of aryl methyl sites for hydroxylation is 1. The molecule has 0 unspecified atom stereocenters. The Labute approximate surface area is 148 Å². The van der Waals surface area contributed by atoms with Crippen LogP contribution in [0.1, 0.15) is 10.6 Å². The van der Waals surface area contributed by atoms with E-state index in [0.29, 0.717) is 15.6 Å². The van der Waals surface area contributed by atoms with Crippen molar-refractivity contribution in [3.8, 4) is 0 Å². The van der Waals surface area contributed by atoms with Crippen molar-refractivity contribution in [1.82, 2.24) is 4.98 Å². The van der Waals surface area contributed by atoms with Gasteiger partial charge in [0.05, 0.1) is 22.3 Å². The Bertz CT molecular complexity index is 975. The first kappa shape index (κ1) is 15.2. The quantitative estimate of drug-likeness (QED) is 0.678. The van der Waals surface area contributed by atoms with Crippen LogP contribution in [0.5, 0.6) is 0 Å². The maximum Gasteiger partial charge on any atom is 0.139 e. The summed E-state index contributed by atoms with van der Waals surface area (Å²) in [4.78, 5) is 6.33. The summed E-state index contributed by atoms with van der Waals surface area (Å²) in [5.74, 6) is 0.412. The first-order valence-corrected chi connectivity index (χ1v) is 8.64. The molecule has 24 heavy (non-hydrogen) atoms. The van der Waals surface area contributed by atoms with Crippen LogP contribution in [0.4, 0.5) is 5.69 Å². The van der Waals surface area contributed by atoms with Crippen LogP contribution >= 0.6 is 22.9 Å². The lowest BCUT2D eigenvalue weighted by molar-refractivity contribution is 0.411. The van der Waals surface area contributed by atoms with Gasteiger partial charge in [0.2, 0.25) is 0 Å². The fourth-order valence-electron chi connectivity index (χ4n) is 2.86. The highest BCUT2D eigenvalue weighted by Crippen LogP contribution is 2.36. The lowest BCUT2D eigenvalue weighted by Crippen LogP contribution is -2.26. The fourth-order valence-corrected chi connectivity index (χ4v) is 4.06. The Morgan fingerprint density at radius 1 is 1.25 bits per heavy atom. The molecule has 3 aromatic rings. The highest BCUT2D eigenvalue weighted by molar-refractivity contribution is 7.19. The first-order valence-electron chi connectivity index (χ1n) is 7.45. The number of fused-ring (bicyclic) bond motifs is 1. The summed E-state index contributed by atoms with van der Waals surface area (Å²) in [6.07, 6.45) is 0. The number of aliphatic hydroxyl groups excluding tert-OH is 1. The number of rotatable bonds is 2. The Morgan fingerprint density at radius 2 is 2.04 bits per heavy atom. The molecular formula is C18H14ClN3OS. The van der Waals surface area contributed by atoms with Gasteiger partial charge in [-0.1, -0.05) is 29.8 Å². The Kier molecular flexibility index (Phi) is 3.55. The minimum atomic E-state index is 0.165. The molecule has 0 fully saturated rings. The van der Waals surface area contributed by atoms with E-state index in [1.807, 2.05) is 49.4 Å². The molecule has 2 aromatic carbocycles. The van der Waals surface area contributed by atoms with Gasteiger partial charge in [0.25, 0.3) is 0 Å². The molecule has 0 radical (unpaired) electrons. The van der Waals surface area contributed by atoms with Crippen LogP contribution in [-0.4, -0.2) is 22.5 Å². The van der Waals surface area contributed by atoms with Crippen LogP contribution in [0.15, 0.2) is 48.2 Å². The van der Waals surface area contributed by atoms with Gasteiger partial charge in [-0.3, -0.25) is 5.41 Å². The number of para-hydroxylation sites is 1.